The van der Waals surface area contributed by atoms with Crippen molar-refractivity contribution in [3.63, 3.8) is 0 Å². The molecule has 0 aliphatic rings. The average Bonchev–Trinajstić information content (AvgIpc) is 2.38. The molecular formula is C13H17N3O2. The lowest BCUT2D eigenvalue weighted by atomic mass is 10.2. The van der Waals surface area contributed by atoms with Crippen LogP contribution in [0.25, 0.3) is 0 Å². The fraction of sp³-hybridized carbons (Fsp3) is 0.462. The standard InChI is InChI=1S/C13H17N3O2/c1-3-7-16(10-13(17)18-4-2)12-5-6-15-11(8-12)9-14/h5-6,8H,3-4,7,10H2,1-2H3. The summed E-state index contributed by atoms with van der Waals surface area (Å²) >= 11 is 0. The number of hydrogen-bond donors (Lipinski definition) is 0. The molecule has 0 unspecified atom stereocenters. The van der Waals surface area contributed by atoms with Crippen LogP contribution in [0.4, 0.5) is 5.69 Å². The number of nitrogens with zero attached hydrogens (tertiary/aromatic N) is 3. The Morgan fingerprint density at radius 1 is 1.56 bits per heavy atom. The van der Waals surface area contributed by atoms with E-state index in [1.165, 1.54) is 0 Å². The molecule has 1 aromatic heterocycles. The first-order valence-corrected chi connectivity index (χ1v) is 5.98. The molecule has 96 valence electrons. The molecule has 0 atom stereocenters. The van der Waals surface area contributed by atoms with E-state index in [1.807, 2.05) is 17.9 Å². The first-order valence-electron chi connectivity index (χ1n) is 5.98. The summed E-state index contributed by atoms with van der Waals surface area (Å²) in [7, 11) is 0. The van der Waals surface area contributed by atoms with Crippen LogP contribution in [0.2, 0.25) is 0 Å². The molecule has 5 nitrogen and oxygen atoms in total. The molecular weight excluding hydrogens is 230 g/mol. The lowest BCUT2D eigenvalue weighted by Crippen LogP contribution is -2.31. The van der Waals surface area contributed by atoms with E-state index in [-0.39, 0.29) is 12.5 Å². The molecule has 0 bridgehead atoms. The summed E-state index contributed by atoms with van der Waals surface area (Å²) in [4.78, 5) is 17.3. The first kappa shape index (κ1) is 14.0. The Kier molecular flexibility index (Phi) is 5.65. The molecule has 0 aliphatic heterocycles. The SMILES string of the molecule is CCCN(CC(=O)OCC)c1ccnc(C#N)c1. The zero-order valence-electron chi connectivity index (χ0n) is 10.7. The van der Waals surface area contributed by atoms with Crippen LogP contribution in [-0.4, -0.2) is 30.6 Å². The van der Waals surface area contributed by atoms with Crippen molar-refractivity contribution in [1.82, 2.24) is 4.98 Å². The maximum absolute atomic E-state index is 11.5. The number of rotatable bonds is 6. The summed E-state index contributed by atoms with van der Waals surface area (Å²) < 4.78 is 4.94. The van der Waals surface area contributed by atoms with Crippen LogP contribution in [0.1, 0.15) is 26.0 Å². The monoisotopic (exact) mass is 247 g/mol. The van der Waals surface area contributed by atoms with Gasteiger partial charge in [-0.3, -0.25) is 4.79 Å². The molecule has 0 fully saturated rings. The van der Waals surface area contributed by atoms with Gasteiger partial charge in [0.2, 0.25) is 0 Å². The minimum absolute atomic E-state index is 0.191. The number of hydrogen-bond acceptors (Lipinski definition) is 5. The quantitative estimate of drug-likeness (QED) is 0.716. The summed E-state index contributed by atoms with van der Waals surface area (Å²) in [5.74, 6) is -0.263. The molecule has 0 saturated heterocycles. The Morgan fingerprint density at radius 3 is 2.94 bits per heavy atom. The third kappa shape index (κ3) is 4.06. The van der Waals surface area contributed by atoms with Crippen molar-refractivity contribution >= 4 is 11.7 Å². The van der Waals surface area contributed by atoms with Crippen LogP contribution >= 0.6 is 0 Å². The molecule has 0 amide bonds. The van der Waals surface area contributed by atoms with Crippen molar-refractivity contribution < 1.29 is 9.53 Å². The van der Waals surface area contributed by atoms with Crippen molar-refractivity contribution in [3.8, 4) is 6.07 Å². The fourth-order valence-corrected chi connectivity index (χ4v) is 1.61. The highest BCUT2D eigenvalue weighted by atomic mass is 16.5. The minimum Gasteiger partial charge on any atom is -0.465 e. The fourth-order valence-electron chi connectivity index (χ4n) is 1.61. The molecule has 0 N–H and O–H groups in total. The number of aromatic nitrogens is 1. The van der Waals surface area contributed by atoms with Gasteiger partial charge < -0.3 is 9.64 Å². The Labute approximate surface area is 107 Å². The van der Waals surface area contributed by atoms with Crippen LogP contribution in [0.3, 0.4) is 0 Å². The van der Waals surface area contributed by atoms with Crippen LogP contribution in [0.15, 0.2) is 18.3 Å². The first-order chi connectivity index (χ1) is 8.71. The highest BCUT2D eigenvalue weighted by Gasteiger charge is 2.12. The number of anilines is 1. The second-order valence-electron chi connectivity index (χ2n) is 3.74. The van der Waals surface area contributed by atoms with Crippen LogP contribution in [0.5, 0.6) is 0 Å². The van der Waals surface area contributed by atoms with Gasteiger partial charge in [-0.25, -0.2) is 4.98 Å². The van der Waals surface area contributed by atoms with Crippen LogP contribution in [-0.2, 0) is 9.53 Å². The number of ether oxygens (including phenoxy) is 1. The molecule has 1 rings (SSSR count). The van der Waals surface area contributed by atoms with E-state index in [0.717, 1.165) is 18.7 Å². The van der Waals surface area contributed by atoms with Crippen LogP contribution in [0, 0.1) is 11.3 Å². The van der Waals surface area contributed by atoms with E-state index in [1.54, 1.807) is 25.3 Å². The minimum atomic E-state index is -0.263. The normalized spacial score (nSPS) is 9.61. The number of pyridine rings is 1. The van der Waals surface area contributed by atoms with E-state index >= 15 is 0 Å². The summed E-state index contributed by atoms with van der Waals surface area (Å²) in [5.41, 5.74) is 1.16. The van der Waals surface area contributed by atoms with E-state index in [9.17, 15) is 4.79 Å². The van der Waals surface area contributed by atoms with Crippen molar-refractivity contribution in [1.29, 1.82) is 5.26 Å². The number of nitriles is 1. The van der Waals surface area contributed by atoms with E-state index in [0.29, 0.717) is 12.3 Å². The Morgan fingerprint density at radius 2 is 2.33 bits per heavy atom. The van der Waals surface area contributed by atoms with Gasteiger partial charge in [-0.1, -0.05) is 6.92 Å². The zero-order valence-corrected chi connectivity index (χ0v) is 10.7. The maximum atomic E-state index is 11.5. The summed E-state index contributed by atoms with van der Waals surface area (Å²) in [6, 6.07) is 5.45. The van der Waals surface area contributed by atoms with Crippen molar-refractivity contribution in [3.05, 3.63) is 24.0 Å². The molecule has 0 saturated carbocycles. The Bertz CT molecular complexity index is 440. The Balaban J connectivity index is 2.83. The van der Waals surface area contributed by atoms with Gasteiger partial charge in [-0.05, 0) is 25.5 Å². The largest absolute Gasteiger partial charge is 0.465 e. The molecule has 1 aromatic rings. The van der Waals surface area contributed by atoms with Crippen molar-refractivity contribution in [2.45, 2.75) is 20.3 Å². The Hall–Kier alpha value is -2.09. The molecule has 5 heteroatoms. The lowest BCUT2D eigenvalue weighted by molar-refractivity contribution is -0.141. The number of carbonyl (C=O) groups is 1. The van der Waals surface area contributed by atoms with Gasteiger partial charge in [0, 0.05) is 18.4 Å². The molecule has 0 spiro atoms. The van der Waals surface area contributed by atoms with Gasteiger partial charge in [0.1, 0.15) is 18.3 Å². The third-order valence-electron chi connectivity index (χ3n) is 2.34. The molecule has 0 radical (unpaired) electrons. The summed E-state index contributed by atoms with van der Waals surface area (Å²) in [6.07, 6.45) is 2.48. The van der Waals surface area contributed by atoms with E-state index in [4.69, 9.17) is 10.00 Å². The average molecular weight is 247 g/mol. The van der Waals surface area contributed by atoms with Gasteiger partial charge in [0.15, 0.2) is 0 Å². The maximum Gasteiger partial charge on any atom is 0.325 e. The van der Waals surface area contributed by atoms with Gasteiger partial charge in [-0.15, -0.1) is 0 Å². The highest BCUT2D eigenvalue weighted by molar-refractivity contribution is 5.75. The van der Waals surface area contributed by atoms with Gasteiger partial charge in [-0.2, -0.15) is 5.26 Å². The molecule has 1 heterocycles. The predicted molar refractivity (Wildman–Crippen MR) is 68.1 cm³/mol. The van der Waals surface area contributed by atoms with Gasteiger partial charge in [0.05, 0.1) is 6.61 Å². The topological polar surface area (TPSA) is 66.2 Å². The van der Waals surface area contributed by atoms with E-state index in [2.05, 4.69) is 4.98 Å². The second kappa shape index (κ2) is 7.28. The second-order valence-corrected chi connectivity index (χ2v) is 3.74. The van der Waals surface area contributed by atoms with Crippen molar-refractivity contribution in [2.24, 2.45) is 0 Å². The van der Waals surface area contributed by atoms with Crippen LogP contribution < -0.4 is 4.90 Å². The third-order valence-corrected chi connectivity index (χ3v) is 2.34. The predicted octanol–water partition coefficient (Wildman–Crippen LogP) is 1.73. The highest BCUT2D eigenvalue weighted by Crippen LogP contribution is 2.14. The zero-order chi connectivity index (χ0) is 13.4. The summed E-state index contributed by atoms with van der Waals surface area (Å²) in [5, 5.41) is 8.82. The smallest absolute Gasteiger partial charge is 0.325 e. The van der Waals surface area contributed by atoms with Gasteiger partial charge >= 0.3 is 5.97 Å². The summed E-state index contributed by atoms with van der Waals surface area (Å²) in [6.45, 7) is 5.11. The van der Waals surface area contributed by atoms with E-state index < -0.39 is 0 Å². The lowest BCUT2D eigenvalue weighted by Gasteiger charge is -2.23. The molecule has 18 heavy (non-hydrogen) atoms. The number of carbonyl (C=O) groups excluding carboxylic acids is 1. The van der Waals surface area contributed by atoms with Gasteiger partial charge in [0.25, 0.3) is 0 Å². The number of esters is 1. The molecule has 0 aromatic carbocycles. The van der Waals surface area contributed by atoms with Crippen molar-refractivity contribution in [2.75, 3.05) is 24.6 Å². The molecule has 0 aliphatic carbocycles.